The zero-order valence-corrected chi connectivity index (χ0v) is 14.9. The molecule has 2 rings (SSSR count). The number of rotatable bonds is 3. The van der Waals surface area contributed by atoms with E-state index in [9.17, 15) is 4.79 Å². The number of amides is 1. The molecule has 5 nitrogen and oxygen atoms in total. The molecule has 1 aromatic heterocycles. The number of hydrogen-bond acceptors (Lipinski definition) is 2. The predicted molar refractivity (Wildman–Crippen MR) is 88.5 cm³/mol. The van der Waals surface area contributed by atoms with Gasteiger partial charge in [-0.1, -0.05) is 13.8 Å². The molecule has 0 unspecified atom stereocenters. The summed E-state index contributed by atoms with van der Waals surface area (Å²) in [5.74, 6) is 0.428. The first kappa shape index (κ1) is 17.0. The molecule has 1 aliphatic heterocycles. The molecule has 0 aromatic carbocycles. The van der Waals surface area contributed by atoms with E-state index in [0.717, 1.165) is 44.0 Å². The first-order valence-corrected chi connectivity index (χ1v) is 8.47. The van der Waals surface area contributed by atoms with Crippen molar-refractivity contribution in [3.8, 4) is 0 Å². The van der Waals surface area contributed by atoms with E-state index >= 15 is 0 Å². The highest BCUT2D eigenvalue weighted by Gasteiger charge is 2.30. The van der Waals surface area contributed by atoms with Crippen molar-refractivity contribution in [3.63, 3.8) is 0 Å². The van der Waals surface area contributed by atoms with Crippen LogP contribution in [0.1, 0.15) is 63.5 Å². The van der Waals surface area contributed by atoms with Crippen LogP contribution in [0.15, 0.2) is 6.20 Å². The van der Waals surface area contributed by atoms with E-state index in [1.807, 2.05) is 9.58 Å². The molecule has 1 aliphatic rings. The van der Waals surface area contributed by atoms with Gasteiger partial charge in [0.1, 0.15) is 0 Å². The third-order valence-corrected chi connectivity index (χ3v) is 4.48. The number of aromatic nitrogens is 2. The molecule has 1 aromatic rings. The van der Waals surface area contributed by atoms with E-state index < -0.39 is 0 Å². The Morgan fingerprint density at radius 3 is 2.36 bits per heavy atom. The number of likely N-dealkylation sites (N-methyl/N-ethyl adjacent to an activating group) is 1. The van der Waals surface area contributed by atoms with Crippen molar-refractivity contribution < 1.29 is 9.69 Å². The SMILES string of the molecule is CC[NH+]1CCN(C(=O)c2cnn(C(C)(C)C)c2C(C)C)CC1. The summed E-state index contributed by atoms with van der Waals surface area (Å²) in [5, 5.41) is 4.52. The molecule has 0 aliphatic carbocycles. The highest BCUT2D eigenvalue weighted by Crippen LogP contribution is 2.26. The minimum atomic E-state index is -0.108. The topological polar surface area (TPSA) is 42.6 Å². The van der Waals surface area contributed by atoms with Gasteiger partial charge in [-0.05, 0) is 33.6 Å². The van der Waals surface area contributed by atoms with Crippen molar-refractivity contribution in [2.24, 2.45) is 0 Å². The lowest BCUT2D eigenvalue weighted by molar-refractivity contribution is -0.902. The molecule has 1 saturated heterocycles. The van der Waals surface area contributed by atoms with Crippen molar-refractivity contribution in [3.05, 3.63) is 17.5 Å². The molecule has 0 atom stereocenters. The van der Waals surface area contributed by atoms with E-state index in [4.69, 9.17) is 0 Å². The third-order valence-electron chi connectivity index (χ3n) is 4.48. The van der Waals surface area contributed by atoms with Gasteiger partial charge in [-0.3, -0.25) is 9.48 Å². The van der Waals surface area contributed by atoms with Gasteiger partial charge in [0.25, 0.3) is 5.91 Å². The van der Waals surface area contributed by atoms with Crippen LogP contribution in [0.3, 0.4) is 0 Å². The lowest BCUT2D eigenvalue weighted by Gasteiger charge is -2.32. The monoisotopic (exact) mass is 307 g/mol. The fourth-order valence-electron chi connectivity index (χ4n) is 3.16. The molecule has 0 radical (unpaired) electrons. The van der Waals surface area contributed by atoms with Crippen LogP contribution in [-0.4, -0.2) is 53.3 Å². The molecule has 1 N–H and O–H groups in total. The summed E-state index contributed by atoms with van der Waals surface area (Å²) in [7, 11) is 0. The Morgan fingerprint density at radius 2 is 1.91 bits per heavy atom. The van der Waals surface area contributed by atoms with Gasteiger partial charge in [-0.25, -0.2) is 0 Å². The first-order valence-electron chi connectivity index (χ1n) is 8.47. The second kappa shape index (κ2) is 6.41. The molecule has 5 heteroatoms. The van der Waals surface area contributed by atoms with E-state index in [0.29, 0.717) is 0 Å². The Balaban J connectivity index is 2.25. The van der Waals surface area contributed by atoms with Gasteiger partial charge >= 0.3 is 0 Å². The quantitative estimate of drug-likeness (QED) is 0.909. The standard InChI is InChI=1S/C17H30N4O/c1-7-19-8-10-20(11-9-19)16(22)14-12-18-21(17(4,5)6)15(14)13(2)3/h12-13H,7-11H2,1-6H3/p+1. The maximum absolute atomic E-state index is 12.9. The summed E-state index contributed by atoms with van der Waals surface area (Å²) in [6, 6.07) is 0. The number of carbonyl (C=O) groups excluding carboxylic acids is 1. The molecule has 0 saturated carbocycles. The van der Waals surface area contributed by atoms with E-state index in [2.05, 4.69) is 46.6 Å². The predicted octanol–water partition coefficient (Wildman–Crippen LogP) is 1.12. The minimum Gasteiger partial charge on any atom is -0.332 e. The average molecular weight is 307 g/mol. The largest absolute Gasteiger partial charge is 0.332 e. The Morgan fingerprint density at radius 1 is 1.32 bits per heavy atom. The summed E-state index contributed by atoms with van der Waals surface area (Å²) in [6.07, 6.45) is 1.77. The number of nitrogens with one attached hydrogen (secondary N) is 1. The molecule has 0 bridgehead atoms. The van der Waals surface area contributed by atoms with Crippen LogP contribution in [0.4, 0.5) is 0 Å². The van der Waals surface area contributed by atoms with E-state index in [1.165, 1.54) is 0 Å². The molecule has 1 fully saturated rings. The van der Waals surface area contributed by atoms with Crippen molar-refractivity contribution in [1.29, 1.82) is 0 Å². The lowest BCUT2D eigenvalue weighted by Crippen LogP contribution is -3.14. The van der Waals surface area contributed by atoms with Gasteiger partial charge in [0.15, 0.2) is 0 Å². The van der Waals surface area contributed by atoms with Crippen molar-refractivity contribution in [1.82, 2.24) is 14.7 Å². The minimum absolute atomic E-state index is 0.108. The zero-order valence-electron chi connectivity index (χ0n) is 14.9. The van der Waals surface area contributed by atoms with Crippen LogP contribution in [0.5, 0.6) is 0 Å². The molecule has 1 amide bonds. The third kappa shape index (κ3) is 3.35. The molecule has 22 heavy (non-hydrogen) atoms. The second-order valence-corrected chi connectivity index (χ2v) is 7.58. The van der Waals surface area contributed by atoms with Gasteiger partial charge in [-0.15, -0.1) is 0 Å². The number of quaternary nitrogens is 1. The van der Waals surface area contributed by atoms with Crippen molar-refractivity contribution in [2.75, 3.05) is 32.7 Å². The molecular weight excluding hydrogens is 276 g/mol. The Labute approximate surface area is 134 Å². The Bertz CT molecular complexity index is 519. The van der Waals surface area contributed by atoms with Crippen LogP contribution >= 0.6 is 0 Å². The number of piperazine rings is 1. The van der Waals surface area contributed by atoms with Gasteiger partial charge in [-0.2, -0.15) is 5.10 Å². The fourth-order valence-corrected chi connectivity index (χ4v) is 3.16. The van der Waals surface area contributed by atoms with Crippen LogP contribution < -0.4 is 4.90 Å². The van der Waals surface area contributed by atoms with Crippen molar-refractivity contribution >= 4 is 5.91 Å². The molecule has 2 heterocycles. The van der Waals surface area contributed by atoms with Gasteiger partial charge in [0.05, 0.1) is 55.7 Å². The average Bonchev–Trinajstić information content (AvgIpc) is 2.91. The summed E-state index contributed by atoms with van der Waals surface area (Å²) in [5.41, 5.74) is 1.73. The maximum Gasteiger partial charge on any atom is 0.257 e. The van der Waals surface area contributed by atoms with Crippen LogP contribution in [0.2, 0.25) is 0 Å². The first-order chi connectivity index (χ1) is 10.3. The number of hydrogen-bond donors (Lipinski definition) is 1. The number of carbonyl (C=O) groups is 1. The van der Waals surface area contributed by atoms with Gasteiger partial charge in [0, 0.05) is 0 Å². The fraction of sp³-hybridized carbons (Fsp3) is 0.765. The zero-order chi connectivity index (χ0) is 16.5. The summed E-state index contributed by atoms with van der Waals surface area (Å²) in [6.45, 7) is 17.8. The van der Waals surface area contributed by atoms with Crippen LogP contribution in [0, 0.1) is 0 Å². The lowest BCUT2D eigenvalue weighted by atomic mass is 10.0. The van der Waals surface area contributed by atoms with E-state index in [-0.39, 0.29) is 17.4 Å². The Hall–Kier alpha value is -1.36. The number of nitrogens with zero attached hydrogens (tertiary/aromatic N) is 3. The summed E-state index contributed by atoms with van der Waals surface area (Å²) in [4.78, 5) is 16.5. The molecule has 124 valence electrons. The van der Waals surface area contributed by atoms with Crippen molar-refractivity contribution in [2.45, 2.75) is 53.0 Å². The highest BCUT2D eigenvalue weighted by molar-refractivity contribution is 5.95. The van der Waals surface area contributed by atoms with Crippen LogP contribution in [-0.2, 0) is 5.54 Å². The van der Waals surface area contributed by atoms with Gasteiger partial charge < -0.3 is 9.80 Å². The normalized spacial score (nSPS) is 17.3. The van der Waals surface area contributed by atoms with Gasteiger partial charge in [0.2, 0.25) is 0 Å². The Kier molecular flexibility index (Phi) is 4.95. The smallest absolute Gasteiger partial charge is 0.257 e. The highest BCUT2D eigenvalue weighted by atomic mass is 16.2. The molecule has 0 spiro atoms. The van der Waals surface area contributed by atoms with E-state index in [1.54, 1.807) is 11.1 Å². The second-order valence-electron chi connectivity index (χ2n) is 7.58. The molecular formula is C17H31N4O+. The summed E-state index contributed by atoms with van der Waals surface area (Å²) >= 11 is 0. The summed E-state index contributed by atoms with van der Waals surface area (Å²) < 4.78 is 2.01. The maximum atomic E-state index is 12.9. The van der Waals surface area contributed by atoms with Crippen LogP contribution in [0.25, 0.3) is 0 Å².